The molecule has 2 heterocycles. The van der Waals surface area contributed by atoms with Crippen LogP contribution in [0.15, 0.2) is 18.2 Å². The third kappa shape index (κ3) is 2.07. The summed E-state index contributed by atoms with van der Waals surface area (Å²) >= 11 is 0. The fourth-order valence-corrected chi connectivity index (χ4v) is 2.56. The first-order chi connectivity index (χ1) is 9.70. The van der Waals surface area contributed by atoms with Crippen molar-refractivity contribution in [3.63, 3.8) is 0 Å². The Hall–Kier alpha value is -2.24. The maximum atomic E-state index is 12.6. The van der Waals surface area contributed by atoms with Crippen LogP contribution >= 0.6 is 0 Å². The van der Waals surface area contributed by atoms with Crippen LogP contribution in [-0.4, -0.2) is 42.6 Å². The number of benzene rings is 1. The average molecular weight is 276 g/mol. The van der Waals surface area contributed by atoms with Crippen LogP contribution in [0.25, 0.3) is 0 Å². The highest BCUT2D eigenvalue weighted by atomic mass is 16.7. The number of ether oxygens (including phenoxy) is 2. The summed E-state index contributed by atoms with van der Waals surface area (Å²) in [4.78, 5) is 26.0. The van der Waals surface area contributed by atoms with Crippen LogP contribution < -0.4 is 14.8 Å². The zero-order valence-corrected chi connectivity index (χ0v) is 11.2. The molecular weight excluding hydrogens is 260 g/mol. The Bertz CT molecular complexity index is 558. The number of piperazine rings is 1. The smallest absolute Gasteiger partial charge is 0.254 e. The molecule has 3 rings (SSSR count). The first-order valence-electron chi connectivity index (χ1n) is 6.69. The molecule has 1 N–H and O–H groups in total. The number of hydrogen-bond donors (Lipinski definition) is 1. The predicted molar refractivity (Wildman–Crippen MR) is 70.7 cm³/mol. The number of rotatable bonds is 2. The fraction of sp³-hybridized carbons (Fsp3) is 0.429. The van der Waals surface area contributed by atoms with Crippen LogP contribution in [0.1, 0.15) is 23.7 Å². The number of carbonyl (C=O) groups excluding carboxylic acids is 2. The topological polar surface area (TPSA) is 67.9 Å². The van der Waals surface area contributed by atoms with Gasteiger partial charge >= 0.3 is 0 Å². The third-order valence-electron chi connectivity index (χ3n) is 3.60. The molecule has 1 saturated heterocycles. The molecule has 0 saturated carbocycles. The van der Waals surface area contributed by atoms with Gasteiger partial charge in [-0.3, -0.25) is 9.59 Å². The molecule has 106 valence electrons. The molecule has 20 heavy (non-hydrogen) atoms. The van der Waals surface area contributed by atoms with Crippen molar-refractivity contribution in [2.24, 2.45) is 0 Å². The minimum Gasteiger partial charge on any atom is -0.454 e. The highest BCUT2D eigenvalue weighted by Gasteiger charge is 2.32. The van der Waals surface area contributed by atoms with Gasteiger partial charge in [-0.25, -0.2) is 0 Å². The van der Waals surface area contributed by atoms with Gasteiger partial charge < -0.3 is 19.7 Å². The normalized spacial score (nSPS) is 20.8. The molecule has 6 heteroatoms. The number of nitrogens with zero attached hydrogens (tertiary/aromatic N) is 1. The zero-order chi connectivity index (χ0) is 14.1. The third-order valence-corrected chi connectivity index (χ3v) is 3.60. The summed E-state index contributed by atoms with van der Waals surface area (Å²) in [6.45, 7) is 3.09. The van der Waals surface area contributed by atoms with E-state index in [9.17, 15) is 9.59 Å². The molecule has 1 aromatic carbocycles. The summed E-state index contributed by atoms with van der Waals surface area (Å²) in [7, 11) is 0. The van der Waals surface area contributed by atoms with Gasteiger partial charge in [0.25, 0.3) is 5.91 Å². The van der Waals surface area contributed by atoms with Gasteiger partial charge in [-0.2, -0.15) is 0 Å². The van der Waals surface area contributed by atoms with Gasteiger partial charge in [0.1, 0.15) is 6.04 Å². The highest BCUT2D eigenvalue weighted by Crippen LogP contribution is 2.33. The molecule has 0 bridgehead atoms. The molecule has 2 amide bonds. The van der Waals surface area contributed by atoms with Gasteiger partial charge in [0.2, 0.25) is 12.7 Å². The van der Waals surface area contributed by atoms with E-state index >= 15 is 0 Å². The van der Waals surface area contributed by atoms with Crippen molar-refractivity contribution in [2.75, 3.05) is 19.9 Å². The van der Waals surface area contributed by atoms with E-state index < -0.39 is 6.04 Å². The van der Waals surface area contributed by atoms with E-state index in [0.717, 1.165) is 0 Å². The number of carbonyl (C=O) groups is 2. The molecule has 2 aliphatic heterocycles. The minimum absolute atomic E-state index is 0.0900. The van der Waals surface area contributed by atoms with Crippen LogP contribution in [0.5, 0.6) is 11.5 Å². The summed E-state index contributed by atoms with van der Waals surface area (Å²) in [5, 5.41) is 2.78. The van der Waals surface area contributed by atoms with Gasteiger partial charge in [-0.05, 0) is 24.6 Å². The largest absolute Gasteiger partial charge is 0.454 e. The molecule has 1 aromatic rings. The van der Waals surface area contributed by atoms with Crippen molar-refractivity contribution in [2.45, 2.75) is 19.4 Å². The van der Waals surface area contributed by atoms with Crippen LogP contribution in [0.2, 0.25) is 0 Å². The summed E-state index contributed by atoms with van der Waals surface area (Å²) < 4.78 is 10.5. The molecular formula is C14H16N2O4. The summed E-state index contributed by atoms with van der Waals surface area (Å²) in [6.07, 6.45) is 0.599. The number of amides is 2. The minimum atomic E-state index is -0.401. The van der Waals surface area contributed by atoms with Crippen LogP contribution in [-0.2, 0) is 4.79 Å². The predicted octanol–water partition coefficient (Wildman–Crippen LogP) is 0.766. The lowest BCUT2D eigenvalue weighted by atomic mass is 10.1. The highest BCUT2D eigenvalue weighted by molar-refractivity contribution is 5.98. The lowest BCUT2D eigenvalue weighted by molar-refractivity contribution is -0.127. The Labute approximate surface area is 116 Å². The second-order valence-corrected chi connectivity index (χ2v) is 4.78. The SMILES string of the molecule is CCC1C(=O)NCCN1C(=O)c1ccc2c(c1)OCO2. The van der Waals surface area contributed by atoms with E-state index in [1.54, 1.807) is 23.1 Å². The van der Waals surface area contributed by atoms with Gasteiger partial charge in [0.05, 0.1) is 0 Å². The first-order valence-corrected chi connectivity index (χ1v) is 6.69. The van der Waals surface area contributed by atoms with Crippen molar-refractivity contribution in [1.29, 1.82) is 0 Å². The van der Waals surface area contributed by atoms with E-state index in [2.05, 4.69) is 5.32 Å². The molecule has 0 aromatic heterocycles. The monoisotopic (exact) mass is 276 g/mol. The van der Waals surface area contributed by atoms with Crippen LogP contribution in [0.3, 0.4) is 0 Å². The summed E-state index contributed by atoms with van der Waals surface area (Å²) in [5.74, 6) is 0.980. The van der Waals surface area contributed by atoms with E-state index in [0.29, 0.717) is 36.6 Å². The average Bonchev–Trinajstić information content (AvgIpc) is 2.93. The van der Waals surface area contributed by atoms with E-state index in [1.807, 2.05) is 6.92 Å². The summed E-state index contributed by atoms with van der Waals surface area (Å²) in [6, 6.07) is 4.70. The fourth-order valence-electron chi connectivity index (χ4n) is 2.56. The standard InChI is InChI=1S/C14H16N2O4/c1-2-10-13(17)15-5-6-16(10)14(18)9-3-4-11-12(7-9)20-8-19-11/h3-4,7,10H,2,5-6,8H2,1H3,(H,15,17). The van der Waals surface area contributed by atoms with Crippen molar-refractivity contribution in [3.8, 4) is 11.5 Å². The van der Waals surface area contributed by atoms with E-state index in [4.69, 9.17) is 9.47 Å². The number of nitrogens with one attached hydrogen (secondary N) is 1. The lowest BCUT2D eigenvalue weighted by Crippen LogP contribution is -2.56. The Morgan fingerprint density at radius 2 is 2.20 bits per heavy atom. The lowest BCUT2D eigenvalue weighted by Gasteiger charge is -2.34. The molecule has 1 atom stereocenters. The molecule has 0 radical (unpaired) electrons. The van der Waals surface area contributed by atoms with E-state index in [1.165, 1.54) is 0 Å². The van der Waals surface area contributed by atoms with E-state index in [-0.39, 0.29) is 18.6 Å². The molecule has 1 fully saturated rings. The second-order valence-electron chi connectivity index (χ2n) is 4.78. The maximum Gasteiger partial charge on any atom is 0.254 e. The van der Waals surface area contributed by atoms with Gasteiger partial charge in [0.15, 0.2) is 11.5 Å². The molecule has 2 aliphatic rings. The van der Waals surface area contributed by atoms with Crippen molar-refractivity contribution >= 4 is 11.8 Å². The maximum absolute atomic E-state index is 12.6. The van der Waals surface area contributed by atoms with Crippen molar-refractivity contribution < 1.29 is 19.1 Å². The van der Waals surface area contributed by atoms with Gasteiger partial charge in [-0.15, -0.1) is 0 Å². The van der Waals surface area contributed by atoms with Crippen LogP contribution in [0.4, 0.5) is 0 Å². The van der Waals surface area contributed by atoms with Crippen molar-refractivity contribution in [3.05, 3.63) is 23.8 Å². The molecule has 6 nitrogen and oxygen atoms in total. The Kier molecular flexibility index (Phi) is 3.22. The van der Waals surface area contributed by atoms with Gasteiger partial charge in [0, 0.05) is 18.7 Å². The molecule has 1 unspecified atom stereocenters. The Morgan fingerprint density at radius 3 is 3.00 bits per heavy atom. The first kappa shape index (κ1) is 12.8. The molecule has 0 aliphatic carbocycles. The quantitative estimate of drug-likeness (QED) is 0.866. The summed E-state index contributed by atoms with van der Waals surface area (Å²) in [5.41, 5.74) is 0.516. The number of fused-ring (bicyclic) bond motifs is 1. The zero-order valence-electron chi connectivity index (χ0n) is 11.2. The Balaban J connectivity index is 1.86. The van der Waals surface area contributed by atoms with Crippen LogP contribution in [0, 0.1) is 0 Å². The number of hydrogen-bond acceptors (Lipinski definition) is 4. The van der Waals surface area contributed by atoms with Gasteiger partial charge in [-0.1, -0.05) is 6.92 Å². The van der Waals surface area contributed by atoms with Crippen molar-refractivity contribution in [1.82, 2.24) is 10.2 Å². The Morgan fingerprint density at radius 1 is 1.40 bits per heavy atom. The molecule has 0 spiro atoms. The second kappa shape index (κ2) is 5.03.